The Labute approximate surface area is 275 Å². The van der Waals surface area contributed by atoms with Gasteiger partial charge in [-0.25, -0.2) is 14.6 Å². The van der Waals surface area contributed by atoms with Crippen LogP contribution < -0.4 is 16.0 Å². The summed E-state index contributed by atoms with van der Waals surface area (Å²) in [7, 11) is 0. The van der Waals surface area contributed by atoms with Gasteiger partial charge in [0.1, 0.15) is 18.7 Å². The lowest BCUT2D eigenvalue weighted by Gasteiger charge is -2.34. The van der Waals surface area contributed by atoms with E-state index in [0.717, 1.165) is 5.56 Å². The van der Waals surface area contributed by atoms with Crippen LogP contribution in [0.1, 0.15) is 36.1 Å². The maximum Gasteiger partial charge on any atom is 0.408 e. The third-order valence-electron chi connectivity index (χ3n) is 7.76. The molecule has 16 nitrogen and oxygen atoms in total. The van der Waals surface area contributed by atoms with Crippen LogP contribution in [0.5, 0.6) is 0 Å². The summed E-state index contributed by atoms with van der Waals surface area (Å²) in [5, 5.41) is 28.1. The molecule has 0 saturated carbocycles. The van der Waals surface area contributed by atoms with Crippen molar-refractivity contribution in [2.45, 2.75) is 50.8 Å². The molecular weight excluding hydrogens is 626 g/mol. The lowest BCUT2D eigenvalue weighted by molar-refractivity contribution is -0.384. The van der Waals surface area contributed by atoms with Crippen LogP contribution in [0.25, 0.3) is 0 Å². The van der Waals surface area contributed by atoms with Gasteiger partial charge < -0.3 is 35.7 Å². The van der Waals surface area contributed by atoms with Crippen molar-refractivity contribution in [1.29, 1.82) is 0 Å². The van der Waals surface area contributed by atoms with E-state index in [4.69, 9.17) is 4.74 Å². The number of alkyl carbamates (subject to hydrolysis) is 1. The van der Waals surface area contributed by atoms with Crippen LogP contribution in [-0.4, -0.2) is 86.4 Å². The van der Waals surface area contributed by atoms with Crippen molar-refractivity contribution in [3.8, 4) is 0 Å². The molecule has 1 fully saturated rings. The van der Waals surface area contributed by atoms with E-state index in [1.54, 1.807) is 6.20 Å². The fourth-order valence-corrected chi connectivity index (χ4v) is 5.23. The summed E-state index contributed by atoms with van der Waals surface area (Å²) < 4.78 is 5.32. The van der Waals surface area contributed by atoms with Crippen LogP contribution in [0.2, 0.25) is 0 Å². The number of nitro groups is 1. The number of carbonyl (C=O) groups is 5. The Balaban J connectivity index is 1.26. The number of carboxylic acid groups (broad SMARTS) is 1. The number of carbonyl (C=O) groups excluding carboxylic acids is 4. The number of ether oxygens (including phenoxy) is 1. The van der Waals surface area contributed by atoms with Gasteiger partial charge in [-0.05, 0) is 24.0 Å². The molecule has 1 aliphatic heterocycles. The molecule has 0 radical (unpaired) electrons. The van der Waals surface area contributed by atoms with Crippen LogP contribution in [0.3, 0.4) is 0 Å². The predicted molar refractivity (Wildman–Crippen MR) is 169 cm³/mol. The largest absolute Gasteiger partial charge is 0.480 e. The van der Waals surface area contributed by atoms with E-state index in [1.165, 1.54) is 35.5 Å². The number of piperidine rings is 1. The summed E-state index contributed by atoms with van der Waals surface area (Å²) in [6.45, 7) is 0.457. The highest BCUT2D eigenvalue weighted by atomic mass is 16.6. The monoisotopic (exact) mass is 663 g/mol. The number of benzene rings is 2. The first kappa shape index (κ1) is 35.1. The zero-order valence-corrected chi connectivity index (χ0v) is 26.0. The van der Waals surface area contributed by atoms with Gasteiger partial charge in [-0.1, -0.05) is 42.5 Å². The van der Waals surface area contributed by atoms with E-state index >= 15 is 0 Å². The first-order valence-corrected chi connectivity index (χ1v) is 15.4. The van der Waals surface area contributed by atoms with Crippen molar-refractivity contribution in [2.24, 2.45) is 5.92 Å². The minimum atomic E-state index is -1.28. The maximum absolute atomic E-state index is 13.6. The number of carboxylic acids is 1. The van der Waals surface area contributed by atoms with Gasteiger partial charge in [0.25, 0.3) is 5.69 Å². The molecule has 3 atom stereocenters. The smallest absolute Gasteiger partial charge is 0.408 e. The van der Waals surface area contributed by atoms with Crippen molar-refractivity contribution in [2.75, 3.05) is 19.6 Å². The van der Waals surface area contributed by atoms with Crippen LogP contribution >= 0.6 is 0 Å². The molecule has 0 aliphatic carbocycles. The summed E-state index contributed by atoms with van der Waals surface area (Å²) >= 11 is 0. The van der Waals surface area contributed by atoms with E-state index in [1.807, 2.05) is 30.3 Å². The Morgan fingerprint density at radius 1 is 1.02 bits per heavy atom. The molecule has 3 aromatic rings. The summed E-state index contributed by atoms with van der Waals surface area (Å²) in [6, 6.07) is 12.2. The molecule has 0 bridgehead atoms. The predicted octanol–water partition coefficient (Wildman–Crippen LogP) is 1.71. The third kappa shape index (κ3) is 10.6. The SMILES string of the molecule is O=C(CCNC(=O)C1CCCN(C(=O)[C@H](Cc2cnc[nH]2)NC(=O)OCc2ccccc2)C1)N[C@@H](Cc1ccc([N+](=O)[O-])cc1)C(=O)O. The van der Waals surface area contributed by atoms with E-state index in [9.17, 15) is 39.2 Å². The minimum absolute atomic E-state index is 0.0262. The molecule has 1 aliphatic rings. The average molecular weight is 664 g/mol. The lowest BCUT2D eigenvalue weighted by atomic mass is 9.96. The number of nitrogens with one attached hydrogen (secondary N) is 4. The first-order valence-electron chi connectivity index (χ1n) is 15.4. The van der Waals surface area contributed by atoms with Crippen molar-refractivity contribution in [3.63, 3.8) is 0 Å². The number of nitrogens with zero attached hydrogens (tertiary/aromatic N) is 3. The van der Waals surface area contributed by atoms with Crippen molar-refractivity contribution < 1.29 is 38.7 Å². The Bertz CT molecular complexity index is 1570. The molecule has 5 N–H and O–H groups in total. The Morgan fingerprint density at radius 3 is 2.44 bits per heavy atom. The summed E-state index contributed by atoms with van der Waals surface area (Å²) in [6.07, 6.45) is 3.16. The fraction of sp³-hybridized carbons (Fsp3) is 0.375. The molecule has 1 aromatic heterocycles. The van der Waals surface area contributed by atoms with Gasteiger partial charge in [-0.15, -0.1) is 0 Å². The summed E-state index contributed by atoms with van der Waals surface area (Å²) in [4.78, 5) is 82.1. The molecule has 4 rings (SSSR count). The number of aliphatic carboxylic acids is 1. The number of H-pyrrole nitrogens is 1. The molecule has 2 heterocycles. The van der Waals surface area contributed by atoms with Crippen LogP contribution in [0.4, 0.5) is 10.5 Å². The topological polar surface area (TPSA) is 226 Å². The van der Waals surface area contributed by atoms with E-state index in [0.29, 0.717) is 30.6 Å². The third-order valence-corrected chi connectivity index (χ3v) is 7.76. The van der Waals surface area contributed by atoms with E-state index in [2.05, 4.69) is 25.9 Å². The maximum atomic E-state index is 13.6. The number of imidazole rings is 1. The Hall–Kier alpha value is -5.80. The second-order valence-electron chi connectivity index (χ2n) is 11.3. The number of rotatable bonds is 15. The van der Waals surface area contributed by atoms with Crippen molar-refractivity contribution >= 4 is 35.5 Å². The molecule has 1 unspecified atom stereocenters. The first-order chi connectivity index (χ1) is 23.1. The number of hydrogen-bond acceptors (Lipinski definition) is 9. The second kappa shape index (κ2) is 17.2. The van der Waals surface area contributed by atoms with Crippen LogP contribution in [0, 0.1) is 16.0 Å². The molecule has 0 spiro atoms. The van der Waals surface area contributed by atoms with Gasteiger partial charge in [0.05, 0.1) is 17.2 Å². The molecular formula is C32H37N7O9. The standard InChI is InChI=1S/C32H37N7O9/c40-28(36-27(31(43)44)15-21-8-10-25(11-9-21)39(46)47)12-13-34-29(41)23-7-4-14-38(18-23)30(42)26(16-24-17-33-20-35-24)37-32(45)48-19-22-5-2-1-3-6-22/h1-3,5-6,8-11,17,20,23,26-27H,4,7,12-16,18-19H2,(H,33,35)(H,34,41)(H,36,40)(H,37,45)(H,43,44)/t23?,26-,27-/m0/s1. The fourth-order valence-electron chi connectivity index (χ4n) is 5.23. The molecule has 1 saturated heterocycles. The highest BCUT2D eigenvalue weighted by Gasteiger charge is 2.33. The average Bonchev–Trinajstić information content (AvgIpc) is 3.60. The number of nitro benzene ring substituents is 1. The number of amides is 4. The molecule has 4 amide bonds. The molecule has 16 heteroatoms. The number of non-ortho nitro benzene ring substituents is 1. The number of aromatic nitrogens is 2. The summed E-state index contributed by atoms with van der Waals surface area (Å²) in [5.74, 6) is -3.18. The molecule has 48 heavy (non-hydrogen) atoms. The normalized spacial score (nSPS) is 15.4. The van der Waals surface area contributed by atoms with Crippen LogP contribution in [-0.2, 0) is 43.4 Å². The number of aromatic amines is 1. The Morgan fingerprint density at radius 2 is 1.77 bits per heavy atom. The van der Waals surface area contributed by atoms with Gasteiger partial charge in [-0.2, -0.15) is 0 Å². The quantitative estimate of drug-likeness (QED) is 0.117. The zero-order chi connectivity index (χ0) is 34.5. The number of likely N-dealkylation sites (tertiary alicyclic amines) is 1. The minimum Gasteiger partial charge on any atom is -0.480 e. The highest BCUT2D eigenvalue weighted by molar-refractivity contribution is 5.87. The summed E-state index contributed by atoms with van der Waals surface area (Å²) in [5.41, 5.74) is 1.76. The number of hydrogen-bond donors (Lipinski definition) is 5. The van der Waals surface area contributed by atoms with Gasteiger partial charge in [0, 0.05) is 62.9 Å². The van der Waals surface area contributed by atoms with Crippen LogP contribution in [0.15, 0.2) is 67.1 Å². The van der Waals surface area contributed by atoms with E-state index < -0.39 is 40.9 Å². The zero-order valence-electron chi connectivity index (χ0n) is 26.0. The van der Waals surface area contributed by atoms with Gasteiger partial charge in [0.2, 0.25) is 17.7 Å². The highest BCUT2D eigenvalue weighted by Crippen LogP contribution is 2.19. The van der Waals surface area contributed by atoms with Crippen molar-refractivity contribution in [3.05, 3.63) is 94.1 Å². The van der Waals surface area contributed by atoms with Gasteiger partial charge in [0.15, 0.2) is 0 Å². The van der Waals surface area contributed by atoms with Crippen molar-refractivity contribution in [1.82, 2.24) is 30.8 Å². The second-order valence-corrected chi connectivity index (χ2v) is 11.3. The lowest BCUT2D eigenvalue weighted by Crippen LogP contribution is -2.54. The van der Waals surface area contributed by atoms with Gasteiger partial charge in [-0.3, -0.25) is 24.5 Å². The molecule has 254 valence electrons. The molecule has 2 aromatic carbocycles. The van der Waals surface area contributed by atoms with Gasteiger partial charge >= 0.3 is 12.1 Å². The van der Waals surface area contributed by atoms with E-state index in [-0.39, 0.29) is 56.5 Å². The Kier molecular flexibility index (Phi) is 12.6.